The van der Waals surface area contributed by atoms with Gasteiger partial charge in [0.15, 0.2) is 11.7 Å². The molecule has 2 aromatic rings. The van der Waals surface area contributed by atoms with Crippen molar-refractivity contribution in [2.75, 3.05) is 11.9 Å². The first-order valence-corrected chi connectivity index (χ1v) is 8.50. The molecule has 132 valence electrons. The normalized spacial score (nSPS) is 10.2. The van der Waals surface area contributed by atoms with Crippen molar-refractivity contribution < 1.29 is 9.53 Å². The molecule has 2 rings (SSSR count). The van der Waals surface area contributed by atoms with Crippen molar-refractivity contribution in [1.82, 2.24) is 10.9 Å². The second-order valence-electron chi connectivity index (χ2n) is 5.98. The minimum Gasteiger partial charge on any atom is -0.483 e. The second-order valence-corrected chi connectivity index (χ2v) is 6.39. The van der Waals surface area contributed by atoms with Crippen LogP contribution in [0.5, 0.6) is 5.75 Å². The molecule has 0 atom stereocenters. The molecule has 6 heteroatoms. The number of benzene rings is 2. The second kappa shape index (κ2) is 9.03. The Morgan fingerprint density at radius 1 is 1.12 bits per heavy atom. The molecule has 0 aliphatic carbocycles. The molecule has 0 bridgehead atoms. The van der Waals surface area contributed by atoms with Crippen LogP contribution in [0.15, 0.2) is 48.5 Å². The quantitative estimate of drug-likeness (QED) is 0.565. The first kappa shape index (κ1) is 18.7. The molecular formula is C19H23N3O2S. The Bertz CT molecular complexity index is 733. The molecule has 1 amide bonds. The van der Waals surface area contributed by atoms with Crippen LogP contribution in [0.4, 0.5) is 5.69 Å². The number of aryl methyl sites for hydroxylation is 1. The SMILES string of the molecule is Cc1ccc(C(C)C)c(OCC(=O)NNC(=S)Nc2ccccc2)c1. The van der Waals surface area contributed by atoms with Gasteiger partial charge >= 0.3 is 0 Å². The molecule has 5 nitrogen and oxygen atoms in total. The molecule has 0 saturated carbocycles. The number of ether oxygens (including phenoxy) is 1. The van der Waals surface area contributed by atoms with Gasteiger partial charge in [0.2, 0.25) is 0 Å². The highest BCUT2D eigenvalue weighted by Gasteiger charge is 2.10. The van der Waals surface area contributed by atoms with Crippen molar-refractivity contribution in [3.63, 3.8) is 0 Å². The minimum absolute atomic E-state index is 0.0931. The Morgan fingerprint density at radius 2 is 1.84 bits per heavy atom. The number of rotatable bonds is 5. The number of hydrazine groups is 1. The molecular weight excluding hydrogens is 334 g/mol. The third-order valence-corrected chi connectivity index (χ3v) is 3.70. The van der Waals surface area contributed by atoms with Crippen LogP contribution in [-0.4, -0.2) is 17.6 Å². The van der Waals surface area contributed by atoms with Gasteiger partial charge in [0.1, 0.15) is 5.75 Å². The van der Waals surface area contributed by atoms with Crippen molar-refractivity contribution in [2.24, 2.45) is 0 Å². The van der Waals surface area contributed by atoms with Crippen molar-refractivity contribution in [3.8, 4) is 5.75 Å². The van der Waals surface area contributed by atoms with Crippen molar-refractivity contribution in [3.05, 3.63) is 59.7 Å². The molecule has 25 heavy (non-hydrogen) atoms. The number of para-hydroxylation sites is 1. The number of nitrogens with one attached hydrogen (secondary N) is 3. The number of carbonyl (C=O) groups is 1. The fourth-order valence-electron chi connectivity index (χ4n) is 2.23. The van der Waals surface area contributed by atoms with Crippen LogP contribution in [-0.2, 0) is 4.79 Å². The van der Waals surface area contributed by atoms with Gasteiger partial charge in [-0.15, -0.1) is 0 Å². The number of thiocarbonyl (C=S) groups is 1. The van der Waals surface area contributed by atoms with Crippen molar-refractivity contribution in [2.45, 2.75) is 26.7 Å². The van der Waals surface area contributed by atoms with Gasteiger partial charge in [0.25, 0.3) is 5.91 Å². The maximum absolute atomic E-state index is 12.0. The van der Waals surface area contributed by atoms with Gasteiger partial charge in [-0.25, -0.2) is 0 Å². The zero-order chi connectivity index (χ0) is 18.2. The molecule has 0 aliphatic rings. The van der Waals surface area contributed by atoms with E-state index in [9.17, 15) is 4.79 Å². The van der Waals surface area contributed by atoms with Crippen LogP contribution < -0.4 is 20.9 Å². The Labute approximate surface area is 153 Å². The predicted octanol–water partition coefficient (Wildman–Crippen LogP) is 3.52. The van der Waals surface area contributed by atoms with E-state index in [1.165, 1.54) is 0 Å². The summed E-state index contributed by atoms with van der Waals surface area (Å²) in [6, 6.07) is 15.5. The molecule has 0 aromatic heterocycles. The van der Waals surface area contributed by atoms with E-state index in [0.717, 1.165) is 22.6 Å². The standard InChI is InChI=1S/C19H23N3O2S/c1-13(2)16-10-9-14(3)11-17(16)24-12-18(23)21-22-19(25)20-15-7-5-4-6-8-15/h4-11,13H,12H2,1-3H3,(H,21,23)(H2,20,22,25). The van der Waals surface area contributed by atoms with Gasteiger partial charge < -0.3 is 10.1 Å². The third kappa shape index (κ3) is 6.08. The number of hydrogen-bond acceptors (Lipinski definition) is 3. The van der Waals surface area contributed by atoms with E-state index in [1.807, 2.05) is 55.5 Å². The summed E-state index contributed by atoms with van der Waals surface area (Å²) in [6.07, 6.45) is 0. The predicted molar refractivity (Wildman–Crippen MR) is 105 cm³/mol. The largest absolute Gasteiger partial charge is 0.483 e. The highest BCUT2D eigenvalue weighted by molar-refractivity contribution is 7.80. The van der Waals surface area contributed by atoms with Gasteiger partial charge in [-0.2, -0.15) is 0 Å². The summed E-state index contributed by atoms with van der Waals surface area (Å²) in [7, 11) is 0. The first-order valence-electron chi connectivity index (χ1n) is 8.10. The lowest BCUT2D eigenvalue weighted by atomic mass is 10.0. The van der Waals surface area contributed by atoms with Gasteiger partial charge in [-0.05, 0) is 54.4 Å². The molecule has 0 spiro atoms. The Balaban J connectivity index is 1.81. The van der Waals surface area contributed by atoms with Gasteiger partial charge in [0.05, 0.1) is 0 Å². The van der Waals surface area contributed by atoms with Crippen molar-refractivity contribution in [1.29, 1.82) is 0 Å². The van der Waals surface area contributed by atoms with Crippen LogP contribution in [0.25, 0.3) is 0 Å². The van der Waals surface area contributed by atoms with Gasteiger partial charge in [-0.3, -0.25) is 15.6 Å². The fraction of sp³-hybridized carbons (Fsp3) is 0.263. The fourth-order valence-corrected chi connectivity index (χ4v) is 2.40. The van der Waals surface area contributed by atoms with Gasteiger partial charge in [0, 0.05) is 5.69 Å². The molecule has 0 saturated heterocycles. The number of hydrogen-bond donors (Lipinski definition) is 3. The Hall–Kier alpha value is -2.60. The molecule has 2 aromatic carbocycles. The lowest BCUT2D eigenvalue weighted by Crippen LogP contribution is -2.45. The topological polar surface area (TPSA) is 62.4 Å². The van der Waals surface area contributed by atoms with E-state index in [-0.39, 0.29) is 12.5 Å². The summed E-state index contributed by atoms with van der Waals surface area (Å²) in [6.45, 7) is 6.08. The zero-order valence-corrected chi connectivity index (χ0v) is 15.4. The molecule has 0 heterocycles. The summed E-state index contributed by atoms with van der Waals surface area (Å²) >= 11 is 5.13. The lowest BCUT2D eigenvalue weighted by Gasteiger charge is -2.15. The highest BCUT2D eigenvalue weighted by atomic mass is 32.1. The zero-order valence-electron chi connectivity index (χ0n) is 14.6. The number of amides is 1. The molecule has 0 aliphatic heterocycles. The number of carbonyl (C=O) groups excluding carboxylic acids is 1. The van der Waals surface area contributed by atoms with E-state index in [0.29, 0.717) is 11.0 Å². The molecule has 0 fully saturated rings. The maximum atomic E-state index is 12.0. The smallest absolute Gasteiger partial charge is 0.276 e. The lowest BCUT2D eigenvalue weighted by molar-refractivity contribution is -0.123. The van der Waals surface area contributed by atoms with Crippen LogP contribution in [0, 0.1) is 6.92 Å². The summed E-state index contributed by atoms with van der Waals surface area (Å²) in [5.41, 5.74) is 8.18. The average molecular weight is 357 g/mol. The minimum atomic E-state index is -0.312. The molecule has 3 N–H and O–H groups in total. The van der Waals surface area contributed by atoms with Crippen LogP contribution in [0.3, 0.4) is 0 Å². The monoisotopic (exact) mass is 357 g/mol. The third-order valence-electron chi connectivity index (χ3n) is 3.50. The van der Waals surface area contributed by atoms with E-state index in [4.69, 9.17) is 17.0 Å². The van der Waals surface area contributed by atoms with Crippen LogP contribution >= 0.6 is 12.2 Å². The summed E-state index contributed by atoms with van der Waals surface area (Å²) in [5.74, 6) is 0.739. The van der Waals surface area contributed by atoms with E-state index >= 15 is 0 Å². The molecule has 0 unspecified atom stereocenters. The van der Waals surface area contributed by atoms with Crippen LogP contribution in [0.1, 0.15) is 30.9 Å². The average Bonchev–Trinajstić information content (AvgIpc) is 2.59. The van der Waals surface area contributed by atoms with Crippen LogP contribution in [0.2, 0.25) is 0 Å². The van der Waals surface area contributed by atoms with E-state index in [2.05, 4.69) is 30.0 Å². The highest BCUT2D eigenvalue weighted by Crippen LogP contribution is 2.27. The van der Waals surface area contributed by atoms with Crippen molar-refractivity contribution >= 4 is 28.9 Å². The summed E-state index contributed by atoms with van der Waals surface area (Å²) < 4.78 is 5.68. The number of anilines is 1. The van der Waals surface area contributed by atoms with E-state index in [1.54, 1.807) is 0 Å². The molecule has 0 radical (unpaired) electrons. The first-order chi connectivity index (χ1) is 12.0. The Kier molecular flexibility index (Phi) is 6.77. The summed E-state index contributed by atoms with van der Waals surface area (Å²) in [4.78, 5) is 12.0. The van der Waals surface area contributed by atoms with E-state index < -0.39 is 0 Å². The maximum Gasteiger partial charge on any atom is 0.276 e. The van der Waals surface area contributed by atoms with Gasteiger partial charge in [-0.1, -0.05) is 44.2 Å². The Morgan fingerprint density at radius 3 is 2.52 bits per heavy atom. The summed E-state index contributed by atoms with van der Waals surface area (Å²) in [5, 5.41) is 3.27.